The number of benzene rings is 4. The molecule has 0 spiro atoms. The van der Waals surface area contributed by atoms with Crippen molar-refractivity contribution in [3.05, 3.63) is 166 Å². The van der Waals surface area contributed by atoms with Gasteiger partial charge in [0.15, 0.2) is 11.4 Å². The third-order valence-electron chi connectivity index (χ3n) is 10.4. The number of amides is 2. The van der Waals surface area contributed by atoms with E-state index in [9.17, 15) is 9.59 Å². The lowest BCUT2D eigenvalue weighted by molar-refractivity contribution is 0.0528. The summed E-state index contributed by atoms with van der Waals surface area (Å²) in [5.41, 5.74) is 6.53. The lowest BCUT2D eigenvalue weighted by atomic mass is 10.00. The average Bonchev–Trinajstić information content (AvgIpc) is 3.80. The molecule has 0 aliphatic carbocycles. The summed E-state index contributed by atoms with van der Waals surface area (Å²) in [4.78, 5) is 50.8. The number of hydrogen-bond donors (Lipinski definition) is 0. The van der Waals surface area contributed by atoms with Gasteiger partial charge in [0.2, 0.25) is 0 Å². The van der Waals surface area contributed by atoms with Crippen molar-refractivity contribution in [1.29, 1.82) is 0 Å². The highest BCUT2D eigenvalue weighted by atomic mass is 19.1. The summed E-state index contributed by atoms with van der Waals surface area (Å²) in [5, 5.41) is 0. The van der Waals surface area contributed by atoms with E-state index in [2.05, 4.69) is 9.97 Å². The summed E-state index contributed by atoms with van der Waals surface area (Å²) in [6.45, 7) is 4.91. The van der Waals surface area contributed by atoms with Crippen LogP contribution in [0.25, 0.3) is 11.4 Å². The lowest BCUT2D eigenvalue weighted by Gasteiger charge is -2.34. The van der Waals surface area contributed by atoms with E-state index < -0.39 is 12.1 Å². The zero-order valence-corrected chi connectivity index (χ0v) is 29.5. The molecule has 0 saturated carbocycles. The molecule has 0 unspecified atom stereocenters. The molecule has 2 atom stereocenters. The zero-order chi connectivity index (χ0) is 37.1. The smallest absolute Gasteiger partial charge is 0.274 e. The number of fused-ring (bicyclic) bond motifs is 6. The number of para-hydroxylation sites is 2. The number of halogens is 2. The van der Waals surface area contributed by atoms with Gasteiger partial charge in [0.05, 0.1) is 46.3 Å². The molecule has 1 saturated heterocycles. The van der Waals surface area contributed by atoms with E-state index in [0.717, 1.165) is 22.5 Å². The molecule has 5 heterocycles. The third kappa shape index (κ3) is 5.36. The van der Waals surface area contributed by atoms with Crippen molar-refractivity contribution in [3.63, 3.8) is 0 Å². The van der Waals surface area contributed by atoms with Crippen LogP contribution in [0, 0.1) is 11.6 Å². The maximum atomic E-state index is 15.1. The van der Waals surface area contributed by atoms with Gasteiger partial charge in [0, 0.05) is 48.4 Å². The number of hydrogen-bond acceptors (Lipinski definition) is 6. The SMILES string of the molecule is C[C@@H]1N=C(c2ccccc2F)c2ccccc2-n2cnc(C(=O)N3CCN(C(=O)c4ncn5c4[C@H](C)N=C(c4ccccc4F)c4ccccc4-5)CC3)c21. The van der Waals surface area contributed by atoms with Gasteiger partial charge in [-0.3, -0.25) is 28.7 Å². The molecule has 0 bridgehead atoms. The second-order valence-electron chi connectivity index (χ2n) is 13.6. The second kappa shape index (κ2) is 13.1. The summed E-state index contributed by atoms with van der Waals surface area (Å²) < 4.78 is 33.9. The van der Waals surface area contributed by atoms with Crippen LogP contribution in [0.2, 0.25) is 0 Å². The molecule has 0 radical (unpaired) electrons. The highest BCUT2D eigenvalue weighted by molar-refractivity contribution is 6.16. The fraction of sp³-hybridized carbons (Fsp3) is 0.190. The van der Waals surface area contributed by atoms with Crippen molar-refractivity contribution in [1.82, 2.24) is 28.9 Å². The van der Waals surface area contributed by atoms with Crippen LogP contribution in [0.1, 0.15) is 80.5 Å². The van der Waals surface area contributed by atoms with Crippen LogP contribution in [0.5, 0.6) is 0 Å². The monoisotopic (exact) mass is 720 g/mol. The van der Waals surface area contributed by atoms with Gasteiger partial charge in [0.1, 0.15) is 24.3 Å². The Hall–Kier alpha value is -6.56. The molecule has 12 heteroatoms. The van der Waals surface area contributed by atoms with Gasteiger partial charge in [-0.1, -0.05) is 60.7 Å². The Morgan fingerprint density at radius 2 is 0.889 bits per heavy atom. The predicted molar refractivity (Wildman–Crippen MR) is 200 cm³/mol. The Bertz CT molecular complexity index is 2370. The molecular weight excluding hydrogens is 687 g/mol. The Morgan fingerprint density at radius 1 is 0.537 bits per heavy atom. The fourth-order valence-corrected chi connectivity index (χ4v) is 7.79. The summed E-state index contributed by atoms with van der Waals surface area (Å²) in [6.07, 6.45) is 3.25. The van der Waals surface area contributed by atoms with Crippen molar-refractivity contribution in [2.45, 2.75) is 25.9 Å². The average molecular weight is 721 g/mol. The number of nitrogens with zero attached hydrogens (tertiary/aromatic N) is 8. The molecule has 9 rings (SSSR count). The van der Waals surface area contributed by atoms with Gasteiger partial charge in [-0.05, 0) is 50.2 Å². The molecule has 3 aliphatic rings. The number of aromatic nitrogens is 4. The summed E-state index contributed by atoms with van der Waals surface area (Å²) >= 11 is 0. The predicted octanol–water partition coefficient (Wildman–Crippen LogP) is 6.76. The molecule has 6 aromatic rings. The van der Waals surface area contributed by atoms with Crippen LogP contribution in [0.15, 0.2) is 120 Å². The molecule has 268 valence electrons. The highest BCUT2D eigenvalue weighted by Crippen LogP contribution is 2.35. The van der Waals surface area contributed by atoms with E-state index in [1.165, 1.54) is 12.1 Å². The third-order valence-corrected chi connectivity index (χ3v) is 10.4. The molecule has 0 N–H and O–H groups in total. The number of carbonyl (C=O) groups excluding carboxylic acids is 2. The Morgan fingerprint density at radius 3 is 1.28 bits per heavy atom. The Kier molecular flexibility index (Phi) is 8.10. The number of rotatable bonds is 4. The van der Waals surface area contributed by atoms with Gasteiger partial charge in [-0.25, -0.2) is 18.7 Å². The molecule has 2 aromatic heterocycles. The van der Waals surface area contributed by atoms with Crippen molar-refractivity contribution < 1.29 is 18.4 Å². The normalized spacial score (nSPS) is 17.6. The van der Waals surface area contributed by atoms with E-state index in [-0.39, 0.29) is 61.0 Å². The van der Waals surface area contributed by atoms with Crippen LogP contribution >= 0.6 is 0 Å². The van der Waals surface area contributed by atoms with Gasteiger partial charge in [-0.2, -0.15) is 0 Å². The van der Waals surface area contributed by atoms with Crippen molar-refractivity contribution in [2.75, 3.05) is 26.2 Å². The molecule has 3 aliphatic heterocycles. The molecule has 4 aromatic carbocycles. The minimum Gasteiger partial charge on any atom is -0.334 e. The molecule has 2 amide bonds. The van der Waals surface area contributed by atoms with Gasteiger partial charge in [0.25, 0.3) is 11.8 Å². The van der Waals surface area contributed by atoms with E-state index in [4.69, 9.17) is 9.98 Å². The molecule has 54 heavy (non-hydrogen) atoms. The maximum absolute atomic E-state index is 15.1. The Balaban J connectivity index is 0.978. The first-order chi connectivity index (χ1) is 26.3. The lowest BCUT2D eigenvalue weighted by Crippen LogP contribution is -2.51. The first kappa shape index (κ1) is 33.3. The number of carbonyl (C=O) groups is 2. The molecule has 10 nitrogen and oxygen atoms in total. The summed E-state index contributed by atoms with van der Waals surface area (Å²) in [5.74, 6) is -1.28. The standard InChI is InChI=1S/C42H34F2N8O2/c1-25-39-37(45-23-51(39)33-17-9-5-13-29(33)35(47-25)27-11-3-7-15-31(27)43)41(53)49-19-21-50(22-20-49)42(54)38-40-26(2)48-36(28-12-4-8-16-32(28)44)30-14-6-10-18-34(30)52(40)24-46-38/h3-18,23-26H,19-22H2,1-2H3/t25-,26-/m0/s1. The minimum atomic E-state index is -0.513. The molecule has 1 fully saturated rings. The molecular formula is C42H34F2N8O2. The van der Waals surface area contributed by atoms with E-state index in [0.29, 0.717) is 33.9 Å². The summed E-state index contributed by atoms with van der Waals surface area (Å²) in [6, 6.07) is 27.2. The van der Waals surface area contributed by atoms with Crippen LogP contribution < -0.4 is 0 Å². The quantitative estimate of drug-likeness (QED) is 0.201. The maximum Gasteiger partial charge on any atom is 0.274 e. The minimum absolute atomic E-state index is 0.263. The highest BCUT2D eigenvalue weighted by Gasteiger charge is 2.35. The first-order valence-electron chi connectivity index (χ1n) is 17.9. The van der Waals surface area contributed by atoms with Crippen molar-refractivity contribution in [3.8, 4) is 11.4 Å². The Labute approximate surface area is 309 Å². The first-order valence-corrected chi connectivity index (χ1v) is 17.9. The van der Waals surface area contributed by atoms with Crippen molar-refractivity contribution in [2.24, 2.45) is 9.98 Å². The van der Waals surface area contributed by atoms with Crippen LogP contribution in [0.3, 0.4) is 0 Å². The largest absolute Gasteiger partial charge is 0.334 e. The summed E-state index contributed by atoms with van der Waals surface area (Å²) in [7, 11) is 0. The van der Waals surface area contributed by atoms with Crippen LogP contribution in [-0.4, -0.2) is 78.3 Å². The second-order valence-corrected chi connectivity index (χ2v) is 13.6. The van der Waals surface area contributed by atoms with Crippen LogP contribution in [-0.2, 0) is 0 Å². The van der Waals surface area contributed by atoms with Crippen LogP contribution in [0.4, 0.5) is 8.78 Å². The fourth-order valence-electron chi connectivity index (χ4n) is 7.79. The van der Waals surface area contributed by atoms with E-state index in [1.54, 1.807) is 58.9 Å². The van der Waals surface area contributed by atoms with Gasteiger partial charge in [-0.15, -0.1) is 0 Å². The number of imidazole rings is 2. The number of piperazine rings is 1. The zero-order valence-electron chi connectivity index (χ0n) is 29.5. The number of aliphatic imine (C=N–C) groups is 2. The van der Waals surface area contributed by atoms with E-state index >= 15 is 8.78 Å². The van der Waals surface area contributed by atoms with Gasteiger partial charge >= 0.3 is 0 Å². The van der Waals surface area contributed by atoms with E-state index in [1.807, 2.05) is 71.5 Å². The van der Waals surface area contributed by atoms with Crippen molar-refractivity contribution >= 4 is 23.2 Å². The topological polar surface area (TPSA) is 101 Å². The van der Waals surface area contributed by atoms with Gasteiger partial charge < -0.3 is 9.80 Å².